The monoisotopic (exact) mass is 393 g/mol. The summed E-state index contributed by atoms with van der Waals surface area (Å²) in [6.45, 7) is 2.25. The average Bonchev–Trinajstić information content (AvgIpc) is 3.32. The molecule has 4 rings (SSSR count). The van der Waals surface area contributed by atoms with Crippen molar-refractivity contribution < 1.29 is 4.79 Å². The van der Waals surface area contributed by atoms with Gasteiger partial charge in [0.2, 0.25) is 0 Å². The minimum Gasteiger partial charge on any atom is -0.322 e. The number of halogens is 1. The lowest BCUT2D eigenvalue weighted by Gasteiger charge is -2.07. The zero-order valence-corrected chi connectivity index (χ0v) is 15.7. The van der Waals surface area contributed by atoms with E-state index in [-0.39, 0.29) is 5.91 Å². The molecule has 1 amide bonds. The lowest BCUT2D eigenvalue weighted by atomic mass is 10.2. The topological polar surface area (TPSA) is 90.5 Å². The molecule has 0 aliphatic carbocycles. The number of nitrogens with one attached hydrogen (secondary N) is 1. The van der Waals surface area contributed by atoms with Crippen molar-refractivity contribution in [3.63, 3.8) is 0 Å². The Hall–Kier alpha value is -3.52. The molecule has 28 heavy (non-hydrogen) atoms. The van der Waals surface area contributed by atoms with E-state index in [1.807, 2.05) is 36.4 Å². The Bertz CT molecular complexity index is 1110. The van der Waals surface area contributed by atoms with Gasteiger partial charge in [0.15, 0.2) is 0 Å². The summed E-state index contributed by atoms with van der Waals surface area (Å²) in [6.07, 6.45) is 1.48. The van der Waals surface area contributed by atoms with Gasteiger partial charge in [-0.2, -0.15) is 5.10 Å². The van der Waals surface area contributed by atoms with Crippen LogP contribution in [0.3, 0.4) is 0 Å². The van der Waals surface area contributed by atoms with Gasteiger partial charge < -0.3 is 5.32 Å². The molecule has 2 aromatic carbocycles. The normalized spacial score (nSPS) is 10.8. The van der Waals surface area contributed by atoms with Crippen LogP contribution in [0.25, 0.3) is 5.69 Å². The number of aromatic nitrogens is 6. The summed E-state index contributed by atoms with van der Waals surface area (Å²) >= 11 is 6.46. The van der Waals surface area contributed by atoms with E-state index in [0.717, 1.165) is 11.3 Å². The Kier molecular flexibility index (Phi) is 4.86. The Balaban J connectivity index is 1.56. The molecule has 140 valence electrons. The summed E-state index contributed by atoms with van der Waals surface area (Å²) in [6, 6.07) is 17.0. The molecule has 0 bridgehead atoms. The van der Waals surface area contributed by atoms with Crippen LogP contribution in [-0.4, -0.2) is 35.9 Å². The lowest BCUT2D eigenvalue weighted by Crippen LogP contribution is -2.13. The summed E-state index contributed by atoms with van der Waals surface area (Å²) in [7, 11) is 0. The molecule has 8 nitrogen and oxygen atoms in total. The van der Waals surface area contributed by atoms with Crippen LogP contribution in [0, 0.1) is 6.92 Å². The predicted octanol–water partition coefficient (Wildman–Crippen LogP) is 3.12. The fraction of sp³-hybridized carbons (Fsp3) is 0.105. The van der Waals surface area contributed by atoms with E-state index >= 15 is 0 Å². The minimum atomic E-state index is -0.323. The Morgan fingerprint density at radius 2 is 1.96 bits per heavy atom. The lowest BCUT2D eigenvalue weighted by molar-refractivity contribution is 0.102. The van der Waals surface area contributed by atoms with Crippen molar-refractivity contribution in [3.05, 3.63) is 82.9 Å². The molecular weight excluding hydrogens is 378 g/mol. The second kappa shape index (κ2) is 7.61. The molecule has 2 heterocycles. The molecular formula is C19H16ClN7O. The number of amides is 1. The first kappa shape index (κ1) is 17.9. The first-order valence-electron chi connectivity index (χ1n) is 8.53. The van der Waals surface area contributed by atoms with Gasteiger partial charge in [0.1, 0.15) is 11.5 Å². The number of carbonyl (C=O) groups excluding carboxylic acids is 1. The summed E-state index contributed by atoms with van der Waals surface area (Å²) in [4.78, 5) is 12.8. The highest BCUT2D eigenvalue weighted by Crippen LogP contribution is 2.23. The third-order valence-corrected chi connectivity index (χ3v) is 4.57. The number of tetrazole rings is 1. The van der Waals surface area contributed by atoms with Gasteiger partial charge in [-0.15, -0.1) is 5.10 Å². The predicted molar refractivity (Wildman–Crippen MR) is 105 cm³/mol. The SMILES string of the molecule is Cc1nn(Cc2ccccc2)c(Cl)c1C(=O)Nc1cccc(-n2cnnn2)c1. The first-order valence-corrected chi connectivity index (χ1v) is 8.91. The van der Waals surface area contributed by atoms with Crippen LogP contribution in [0.1, 0.15) is 21.6 Å². The number of anilines is 1. The van der Waals surface area contributed by atoms with Gasteiger partial charge in [0, 0.05) is 5.69 Å². The van der Waals surface area contributed by atoms with Crippen molar-refractivity contribution in [3.8, 4) is 5.69 Å². The molecule has 0 fully saturated rings. The molecule has 0 atom stereocenters. The molecule has 9 heteroatoms. The van der Waals surface area contributed by atoms with E-state index in [0.29, 0.717) is 28.6 Å². The number of hydrogen-bond acceptors (Lipinski definition) is 5. The van der Waals surface area contributed by atoms with Gasteiger partial charge in [0.05, 0.1) is 23.5 Å². The molecule has 0 saturated carbocycles. The van der Waals surface area contributed by atoms with Crippen molar-refractivity contribution in [1.29, 1.82) is 0 Å². The molecule has 1 N–H and O–H groups in total. The average molecular weight is 394 g/mol. The van der Waals surface area contributed by atoms with E-state index in [4.69, 9.17) is 11.6 Å². The van der Waals surface area contributed by atoms with E-state index in [1.54, 1.807) is 29.8 Å². The first-order chi connectivity index (χ1) is 13.6. The highest BCUT2D eigenvalue weighted by Gasteiger charge is 2.20. The van der Waals surface area contributed by atoms with Crippen LogP contribution < -0.4 is 5.32 Å². The molecule has 0 spiro atoms. The fourth-order valence-corrected chi connectivity index (χ4v) is 3.19. The van der Waals surface area contributed by atoms with Crippen molar-refractivity contribution in [2.45, 2.75) is 13.5 Å². The number of hydrogen-bond donors (Lipinski definition) is 1. The fourth-order valence-electron chi connectivity index (χ4n) is 2.87. The summed E-state index contributed by atoms with van der Waals surface area (Å²) in [5.41, 5.74) is 3.29. The quantitative estimate of drug-likeness (QED) is 0.562. The third kappa shape index (κ3) is 3.63. The Morgan fingerprint density at radius 1 is 1.14 bits per heavy atom. The van der Waals surface area contributed by atoms with Gasteiger partial charge in [0.25, 0.3) is 5.91 Å². The number of benzene rings is 2. The number of nitrogens with zero attached hydrogens (tertiary/aromatic N) is 6. The molecule has 0 radical (unpaired) electrons. The highest BCUT2D eigenvalue weighted by molar-refractivity contribution is 6.33. The van der Waals surface area contributed by atoms with Gasteiger partial charge in [-0.25, -0.2) is 9.36 Å². The molecule has 2 aromatic heterocycles. The Morgan fingerprint density at radius 3 is 2.71 bits per heavy atom. The van der Waals surface area contributed by atoms with Crippen LogP contribution in [0.15, 0.2) is 60.9 Å². The maximum absolute atomic E-state index is 12.8. The summed E-state index contributed by atoms with van der Waals surface area (Å²) < 4.78 is 3.13. The van der Waals surface area contributed by atoms with Gasteiger partial charge >= 0.3 is 0 Å². The number of carbonyl (C=O) groups is 1. The zero-order chi connectivity index (χ0) is 19.5. The number of rotatable bonds is 5. The van der Waals surface area contributed by atoms with Crippen LogP contribution in [-0.2, 0) is 6.54 Å². The third-order valence-electron chi connectivity index (χ3n) is 4.19. The summed E-state index contributed by atoms with van der Waals surface area (Å²) in [5, 5.41) is 18.7. The molecule has 0 saturated heterocycles. The van der Waals surface area contributed by atoms with E-state index in [2.05, 4.69) is 25.9 Å². The zero-order valence-electron chi connectivity index (χ0n) is 15.0. The molecule has 0 aliphatic heterocycles. The van der Waals surface area contributed by atoms with Crippen LogP contribution in [0.5, 0.6) is 0 Å². The van der Waals surface area contributed by atoms with Gasteiger partial charge in [-0.1, -0.05) is 48.0 Å². The van der Waals surface area contributed by atoms with Crippen LogP contribution in [0.4, 0.5) is 5.69 Å². The standard InChI is InChI=1S/C19H16ClN7O/c1-13-17(18(20)26(23-13)11-14-6-3-2-4-7-14)19(28)22-15-8-5-9-16(10-15)27-12-21-24-25-27/h2-10,12H,11H2,1H3,(H,22,28). The number of aryl methyl sites for hydroxylation is 1. The molecule has 0 aliphatic rings. The van der Waals surface area contributed by atoms with Crippen molar-refractivity contribution in [1.82, 2.24) is 30.0 Å². The largest absolute Gasteiger partial charge is 0.322 e. The Labute approximate surface area is 165 Å². The minimum absolute atomic E-state index is 0.301. The second-order valence-electron chi connectivity index (χ2n) is 6.15. The summed E-state index contributed by atoms with van der Waals surface area (Å²) in [5.74, 6) is -0.323. The van der Waals surface area contributed by atoms with Crippen molar-refractivity contribution in [2.24, 2.45) is 0 Å². The molecule has 4 aromatic rings. The van der Waals surface area contributed by atoms with Crippen molar-refractivity contribution >= 4 is 23.2 Å². The maximum atomic E-state index is 12.8. The van der Waals surface area contributed by atoms with Crippen LogP contribution in [0.2, 0.25) is 5.15 Å². The highest BCUT2D eigenvalue weighted by atomic mass is 35.5. The van der Waals surface area contributed by atoms with Crippen LogP contribution >= 0.6 is 11.6 Å². The maximum Gasteiger partial charge on any atom is 0.260 e. The van der Waals surface area contributed by atoms with E-state index in [9.17, 15) is 4.79 Å². The van der Waals surface area contributed by atoms with E-state index < -0.39 is 0 Å². The van der Waals surface area contributed by atoms with Gasteiger partial charge in [-0.3, -0.25) is 4.79 Å². The molecule has 0 unspecified atom stereocenters. The van der Waals surface area contributed by atoms with E-state index in [1.165, 1.54) is 11.0 Å². The second-order valence-corrected chi connectivity index (χ2v) is 6.51. The van der Waals surface area contributed by atoms with Gasteiger partial charge in [-0.05, 0) is 41.1 Å². The van der Waals surface area contributed by atoms with Crippen molar-refractivity contribution in [2.75, 3.05) is 5.32 Å². The smallest absolute Gasteiger partial charge is 0.260 e.